The molecular formula is C19H22FN3O2S. The van der Waals surface area contributed by atoms with Gasteiger partial charge in [0, 0.05) is 34.5 Å². The first-order valence-electron chi connectivity index (χ1n) is 8.28. The molecule has 0 aliphatic rings. The van der Waals surface area contributed by atoms with E-state index in [4.69, 9.17) is 0 Å². The van der Waals surface area contributed by atoms with Gasteiger partial charge in [0.15, 0.2) is 0 Å². The molecule has 0 saturated heterocycles. The fourth-order valence-corrected chi connectivity index (χ4v) is 2.93. The molecule has 0 aromatic heterocycles. The number of thioether (sulfide) groups is 1. The Balaban J connectivity index is 1.74. The van der Waals surface area contributed by atoms with Crippen LogP contribution in [0.25, 0.3) is 0 Å². The van der Waals surface area contributed by atoms with Crippen LogP contribution in [0.5, 0.6) is 0 Å². The number of halogens is 1. The summed E-state index contributed by atoms with van der Waals surface area (Å²) in [4.78, 5) is 24.5. The van der Waals surface area contributed by atoms with Crippen LogP contribution in [0.4, 0.5) is 20.6 Å². The smallest absolute Gasteiger partial charge is 0.319 e. The second-order valence-corrected chi connectivity index (χ2v) is 7.10. The Kier molecular flexibility index (Phi) is 7.47. The van der Waals surface area contributed by atoms with Gasteiger partial charge in [-0.05, 0) is 62.4 Å². The first kappa shape index (κ1) is 19.8. The molecule has 0 aliphatic carbocycles. The lowest BCUT2D eigenvalue weighted by molar-refractivity contribution is -0.115. The fraction of sp³-hybridized carbons (Fsp3) is 0.263. The van der Waals surface area contributed by atoms with Crippen molar-refractivity contribution < 1.29 is 14.0 Å². The highest BCUT2D eigenvalue weighted by molar-refractivity contribution is 7.99. The number of carbonyl (C=O) groups excluding carboxylic acids is 2. The van der Waals surface area contributed by atoms with Crippen LogP contribution in [0.15, 0.2) is 53.4 Å². The van der Waals surface area contributed by atoms with Gasteiger partial charge in [0.1, 0.15) is 5.82 Å². The molecule has 0 aliphatic heterocycles. The zero-order chi connectivity index (χ0) is 18.9. The van der Waals surface area contributed by atoms with Crippen molar-refractivity contribution in [2.75, 3.05) is 16.4 Å². The van der Waals surface area contributed by atoms with E-state index in [1.54, 1.807) is 36.4 Å². The predicted octanol–water partition coefficient (Wildman–Crippen LogP) is 4.48. The first-order valence-corrected chi connectivity index (χ1v) is 9.27. The number of hydrogen-bond donors (Lipinski definition) is 3. The average molecular weight is 375 g/mol. The molecule has 2 rings (SSSR count). The molecule has 2 aromatic carbocycles. The third-order valence-corrected chi connectivity index (χ3v) is 4.27. The van der Waals surface area contributed by atoms with E-state index >= 15 is 0 Å². The highest BCUT2D eigenvalue weighted by atomic mass is 32.2. The number of urea groups is 1. The molecular weight excluding hydrogens is 353 g/mol. The molecule has 0 radical (unpaired) electrons. The van der Waals surface area contributed by atoms with Crippen LogP contribution < -0.4 is 16.0 Å². The minimum atomic E-state index is -0.272. The monoisotopic (exact) mass is 375 g/mol. The van der Waals surface area contributed by atoms with Gasteiger partial charge in [0.2, 0.25) is 5.91 Å². The second-order valence-electron chi connectivity index (χ2n) is 5.93. The molecule has 138 valence electrons. The normalized spacial score (nSPS) is 10.5. The Morgan fingerprint density at radius 3 is 2.12 bits per heavy atom. The Morgan fingerprint density at radius 1 is 0.962 bits per heavy atom. The van der Waals surface area contributed by atoms with Crippen molar-refractivity contribution in [3.05, 3.63) is 54.3 Å². The Labute approximate surface area is 156 Å². The van der Waals surface area contributed by atoms with E-state index in [9.17, 15) is 14.0 Å². The summed E-state index contributed by atoms with van der Waals surface area (Å²) >= 11 is 1.50. The number of benzene rings is 2. The quantitative estimate of drug-likeness (QED) is 0.625. The zero-order valence-corrected chi connectivity index (χ0v) is 15.5. The summed E-state index contributed by atoms with van der Waals surface area (Å²) in [5.74, 6) is 0.233. The van der Waals surface area contributed by atoms with Gasteiger partial charge >= 0.3 is 6.03 Å². The van der Waals surface area contributed by atoms with Crippen molar-refractivity contribution in [1.29, 1.82) is 0 Å². The highest BCUT2D eigenvalue weighted by Crippen LogP contribution is 2.19. The van der Waals surface area contributed by atoms with Crippen LogP contribution in [0.2, 0.25) is 0 Å². The molecule has 0 fully saturated rings. The minimum absolute atomic E-state index is 0.0568. The number of carbonyl (C=O) groups is 2. The second kappa shape index (κ2) is 9.82. The Bertz CT molecular complexity index is 733. The molecule has 3 amide bonds. The number of hydrogen-bond acceptors (Lipinski definition) is 3. The first-order chi connectivity index (χ1) is 12.4. The lowest BCUT2D eigenvalue weighted by Crippen LogP contribution is -2.34. The van der Waals surface area contributed by atoms with Gasteiger partial charge in [0.05, 0.1) is 0 Å². The van der Waals surface area contributed by atoms with E-state index in [1.807, 2.05) is 13.8 Å². The molecule has 2 aromatic rings. The van der Waals surface area contributed by atoms with Gasteiger partial charge in [-0.2, -0.15) is 0 Å². The molecule has 3 N–H and O–H groups in total. The van der Waals surface area contributed by atoms with Crippen LogP contribution in [0.1, 0.15) is 20.3 Å². The maximum atomic E-state index is 12.8. The van der Waals surface area contributed by atoms with Crippen LogP contribution in [-0.4, -0.2) is 23.7 Å². The fourth-order valence-electron chi connectivity index (χ4n) is 2.08. The third kappa shape index (κ3) is 7.14. The van der Waals surface area contributed by atoms with Crippen molar-refractivity contribution in [2.45, 2.75) is 31.2 Å². The summed E-state index contributed by atoms with van der Waals surface area (Å²) in [6.45, 7) is 3.76. The van der Waals surface area contributed by atoms with Crippen LogP contribution in [-0.2, 0) is 4.79 Å². The molecule has 0 heterocycles. The topological polar surface area (TPSA) is 70.2 Å². The SMILES string of the molecule is CC(C)NC(=O)Nc1ccc(NC(=O)CCSc2ccc(F)cc2)cc1. The molecule has 26 heavy (non-hydrogen) atoms. The van der Waals surface area contributed by atoms with E-state index in [0.717, 1.165) is 4.90 Å². The highest BCUT2D eigenvalue weighted by Gasteiger charge is 2.05. The molecule has 0 spiro atoms. The standard InChI is InChI=1S/C19H22FN3O2S/c1-13(2)21-19(25)23-16-7-5-15(6-8-16)22-18(24)11-12-26-17-9-3-14(20)4-10-17/h3-10,13H,11-12H2,1-2H3,(H,22,24)(H2,21,23,25). The number of amides is 3. The van der Waals surface area contributed by atoms with E-state index in [0.29, 0.717) is 23.5 Å². The van der Waals surface area contributed by atoms with Crippen LogP contribution in [0, 0.1) is 5.82 Å². The Morgan fingerprint density at radius 2 is 1.54 bits per heavy atom. The average Bonchev–Trinajstić information content (AvgIpc) is 2.58. The summed E-state index contributed by atoms with van der Waals surface area (Å²) in [6.07, 6.45) is 0.346. The largest absolute Gasteiger partial charge is 0.336 e. The predicted molar refractivity (Wildman–Crippen MR) is 104 cm³/mol. The van der Waals surface area contributed by atoms with Crippen LogP contribution in [0.3, 0.4) is 0 Å². The van der Waals surface area contributed by atoms with Gasteiger partial charge in [-0.1, -0.05) is 0 Å². The van der Waals surface area contributed by atoms with Gasteiger partial charge in [-0.15, -0.1) is 11.8 Å². The number of nitrogens with one attached hydrogen (secondary N) is 3. The molecule has 0 atom stereocenters. The molecule has 0 unspecified atom stereocenters. The van der Waals surface area contributed by atoms with Gasteiger partial charge in [-0.3, -0.25) is 4.79 Å². The maximum Gasteiger partial charge on any atom is 0.319 e. The third-order valence-electron chi connectivity index (χ3n) is 3.26. The van der Waals surface area contributed by atoms with Crippen molar-refractivity contribution >= 4 is 35.1 Å². The molecule has 0 bridgehead atoms. The number of anilines is 2. The summed E-state index contributed by atoms with van der Waals surface area (Å²) < 4.78 is 12.8. The van der Waals surface area contributed by atoms with Crippen molar-refractivity contribution in [2.24, 2.45) is 0 Å². The lowest BCUT2D eigenvalue weighted by atomic mass is 10.2. The minimum Gasteiger partial charge on any atom is -0.336 e. The van der Waals surface area contributed by atoms with Crippen molar-refractivity contribution in [3.63, 3.8) is 0 Å². The maximum absolute atomic E-state index is 12.8. The molecule has 0 saturated carbocycles. The van der Waals surface area contributed by atoms with Crippen LogP contribution >= 0.6 is 11.8 Å². The van der Waals surface area contributed by atoms with Gasteiger partial charge in [0.25, 0.3) is 0 Å². The van der Waals surface area contributed by atoms with E-state index < -0.39 is 0 Å². The zero-order valence-electron chi connectivity index (χ0n) is 14.7. The number of rotatable bonds is 7. The van der Waals surface area contributed by atoms with Gasteiger partial charge in [-0.25, -0.2) is 9.18 Å². The molecule has 7 heteroatoms. The van der Waals surface area contributed by atoms with E-state index in [-0.39, 0.29) is 23.8 Å². The van der Waals surface area contributed by atoms with Crippen molar-refractivity contribution in [3.8, 4) is 0 Å². The van der Waals surface area contributed by atoms with Crippen molar-refractivity contribution in [1.82, 2.24) is 5.32 Å². The summed E-state index contributed by atoms with van der Waals surface area (Å²) in [5.41, 5.74) is 1.31. The Hall–Kier alpha value is -2.54. The summed E-state index contributed by atoms with van der Waals surface area (Å²) in [5, 5.41) is 8.26. The summed E-state index contributed by atoms with van der Waals surface area (Å²) in [7, 11) is 0. The summed E-state index contributed by atoms with van der Waals surface area (Å²) in [6, 6.07) is 12.9. The van der Waals surface area contributed by atoms with E-state index in [2.05, 4.69) is 16.0 Å². The van der Waals surface area contributed by atoms with Gasteiger partial charge < -0.3 is 16.0 Å². The van der Waals surface area contributed by atoms with E-state index in [1.165, 1.54) is 23.9 Å². The molecule has 5 nitrogen and oxygen atoms in total. The lowest BCUT2D eigenvalue weighted by Gasteiger charge is -2.11.